The van der Waals surface area contributed by atoms with Gasteiger partial charge in [-0.2, -0.15) is 0 Å². The van der Waals surface area contributed by atoms with Gasteiger partial charge in [0.2, 0.25) is 0 Å². The number of carboxylic acid groups (broad SMARTS) is 1. The van der Waals surface area contributed by atoms with Gasteiger partial charge in [-0.05, 0) is 39.0 Å². The van der Waals surface area contributed by atoms with E-state index in [0.29, 0.717) is 23.2 Å². The molecule has 2 rings (SSSR count). The molecule has 22 heavy (non-hydrogen) atoms. The normalized spacial score (nSPS) is 10.9. The number of hydrogen-bond acceptors (Lipinski definition) is 3. The quantitative estimate of drug-likeness (QED) is 0.862. The van der Waals surface area contributed by atoms with Gasteiger partial charge in [-0.15, -0.1) is 0 Å². The molecule has 2 aromatic rings. The van der Waals surface area contributed by atoms with Crippen LogP contribution in [0, 0.1) is 0 Å². The SMILES string of the molecule is C=C(C)Cn1c(=O)ccc2cc(C(=O)O)cc(OC(C)C)c21. The fourth-order valence-corrected chi connectivity index (χ4v) is 2.30. The van der Waals surface area contributed by atoms with Crippen LogP contribution in [0.4, 0.5) is 0 Å². The van der Waals surface area contributed by atoms with E-state index in [1.54, 1.807) is 16.7 Å². The van der Waals surface area contributed by atoms with Crippen LogP contribution in [0.1, 0.15) is 31.1 Å². The molecule has 0 saturated carbocycles. The first-order valence-corrected chi connectivity index (χ1v) is 7.01. The predicted molar refractivity (Wildman–Crippen MR) is 85.7 cm³/mol. The minimum atomic E-state index is -1.03. The molecule has 0 spiro atoms. The van der Waals surface area contributed by atoms with Gasteiger partial charge in [0, 0.05) is 18.0 Å². The van der Waals surface area contributed by atoms with Crippen LogP contribution in [0.3, 0.4) is 0 Å². The van der Waals surface area contributed by atoms with Crippen molar-refractivity contribution >= 4 is 16.9 Å². The molecular formula is C17H19NO4. The number of pyridine rings is 1. The number of nitrogens with zero attached hydrogens (tertiary/aromatic N) is 1. The van der Waals surface area contributed by atoms with Crippen LogP contribution in [0.25, 0.3) is 10.9 Å². The summed E-state index contributed by atoms with van der Waals surface area (Å²) in [6.45, 7) is 9.73. The predicted octanol–water partition coefficient (Wildman–Crippen LogP) is 3.06. The highest BCUT2D eigenvalue weighted by Crippen LogP contribution is 2.28. The molecule has 0 saturated heterocycles. The van der Waals surface area contributed by atoms with Crippen LogP contribution in [0.2, 0.25) is 0 Å². The molecule has 5 heteroatoms. The Kier molecular flexibility index (Phi) is 4.35. The van der Waals surface area contributed by atoms with E-state index in [0.717, 1.165) is 5.57 Å². The van der Waals surface area contributed by atoms with E-state index in [1.165, 1.54) is 12.1 Å². The maximum atomic E-state index is 12.2. The van der Waals surface area contributed by atoms with Gasteiger partial charge in [-0.3, -0.25) is 4.79 Å². The lowest BCUT2D eigenvalue weighted by atomic mass is 10.1. The number of aromatic nitrogens is 1. The van der Waals surface area contributed by atoms with Crippen molar-refractivity contribution in [2.45, 2.75) is 33.4 Å². The third-order valence-electron chi connectivity index (χ3n) is 3.08. The maximum Gasteiger partial charge on any atom is 0.335 e. The van der Waals surface area contributed by atoms with Crippen LogP contribution in [0.5, 0.6) is 5.75 Å². The molecule has 0 radical (unpaired) electrons. The summed E-state index contributed by atoms with van der Waals surface area (Å²) in [4.78, 5) is 23.4. The Bertz CT molecular complexity index is 802. The number of carbonyl (C=O) groups is 1. The molecule has 0 aliphatic heterocycles. The van der Waals surface area contributed by atoms with Gasteiger partial charge in [-0.25, -0.2) is 4.79 Å². The first kappa shape index (κ1) is 15.8. The zero-order valence-corrected chi connectivity index (χ0v) is 12.9. The smallest absolute Gasteiger partial charge is 0.335 e. The van der Waals surface area contributed by atoms with Crippen molar-refractivity contribution in [1.82, 2.24) is 4.57 Å². The average Bonchev–Trinajstić information content (AvgIpc) is 2.40. The fourth-order valence-electron chi connectivity index (χ4n) is 2.30. The molecule has 0 atom stereocenters. The summed E-state index contributed by atoms with van der Waals surface area (Å²) in [6.07, 6.45) is -0.138. The zero-order chi connectivity index (χ0) is 16.4. The first-order chi connectivity index (χ1) is 10.3. The minimum Gasteiger partial charge on any atom is -0.489 e. The third-order valence-corrected chi connectivity index (χ3v) is 3.08. The Morgan fingerprint density at radius 3 is 2.59 bits per heavy atom. The molecule has 1 heterocycles. The third kappa shape index (κ3) is 3.19. The van der Waals surface area contributed by atoms with Crippen molar-refractivity contribution in [3.8, 4) is 5.75 Å². The van der Waals surface area contributed by atoms with E-state index in [4.69, 9.17) is 4.74 Å². The lowest BCUT2D eigenvalue weighted by Crippen LogP contribution is -2.21. The molecule has 0 aliphatic carbocycles. The number of benzene rings is 1. The van der Waals surface area contributed by atoms with Crippen molar-refractivity contribution in [3.05, 3.63) is 52.3 Å². The monoisotopic (exact) mass is 301 g/mol. The lowest BCUT2D eigenvalue weighted by Gasteiger charge is -2.17. The molecule has 5 nitrogen and oxygen atoms in total. The summed E-state index contributed by atoms with van der Waals surface area (Å²) in [5.74, 6) is -0.642. The second kappa shape index (κ2) is 6.05. The number of rotatable bonds is 5. The molecule has 0 bridgehead atoms. The Labute approximate surface area is 128 Å². The van der Waals surface area contributed by atoms with Crippen LogP contribution in [-0.2, 0) is 6.54 Å². The first-order valence-electron chi connectivity index (χ1n) is 7.01. The van der Waals surface area contributed by atoms with Gasteiger partial charge < -0.3 is 14.4 Å². The Hall–Kier alpha value is -2.56. The van der Waals surface area contributed by atoms with Crippen LogP contribution < -0.4 is 10.3 Å². The molecular weight excluding hydrogens is 282 g/mol. The number of fused-ring (bicyclic) bond motifs is 1. The Morgan fingerprint density at radius 2 is 2.05 bits per heavy atom. The zero-order valence-electron chi connectivity index (χ0n) is 12.9. The number of hydrogen-bond donors (Lipinski definition) is 1. The van der Waals surface area contributed by atoms with E-state index in [9.17, 15) is 14.7 Å². The summed E-state index contributed by atoms with van der Waals surface area (Å²) in [6, 6.07) is 6.04. The van der Waals surface area contributed by atoms with Gasteiger partial charge >= 0.3 is 5.97 Å². The summed E-state index contributed by atoms with van der Waals surface area (Å²) in [5, 5.41) is 9.88. The fraction of sp³-hybridized carbons (Fsp3) is 0.294. The number of allylic oxidation sites excluding steroid dienone is 1. The number of ether oxygens (including phenoxy) is 1. The standard InChI is InChI=1S/C17H19NO4/c1-10(2)9-18-15(19)6-5-12-7-13(17(20)21)8-14(16(12)18)22-11(3)4/h5-8,11H,1,9H2,2-4H3,(H,20,21). The van der Waals surface area contributed by atoms with Gasteiger partial charge in [0.05, 0.1) is 17.2 Å². The van der Waals surface area contributed by atoms with Crippen molar-refractivity contribution < 1.29 is 14.6 Å². The average molecular weight is 301 g/mol. The second-order valence-electron chi connectivity index (χ2n) is 5.60. The molecule has 0 aliphatic rings. The molecule has 1 aromatic carbocycles. The molecule has 1 aromatic heterocycles. The second-order valence-corrected chi connectivity index (χ2v) is 5.60. The summed E-state index contributed by atoms with van der Waals surface area (Å²) in [5.41, 5.74) is 1.37. The van der Waals surface area contributed by atoms with E-state index < -0.39 is 5.97 Å². The molecule has 1 N–H and O–H groups in total. The number of aromatic carboxylic acids is 1. The highest BCUT2D eigenvalue weighted by molar-refractivity contribution is 5.96. The summed E-state index contributed by atoms with van der Waals surface area (Å²) >= 11 is 0. The topological polar surface area (TPSA) is 68.5 Å². The van der Waals surface area contributed by atoms with E-state index in [2.05, 4.69) is 6.58 Å². The van der Waals surface area contributed by atoms with Crippen molar-refractivity contribution in [1.29, 1.82) is 0 Å². The van der Waals surface area contributed by atoms with Crippen molar-refractivity contribution in [3.63, 3.8) is 0 Å². The highest BCUT2D eigenvalue weighted by atomic mass is 16.5. The highest BCUT2D eigenvalue weighted by Gasteiger charge is 2.15. The van der Waals surface area contributed by atoms with E-state index in [1.807, 2.05) is 20.8 Å². The van der Waals surface area contributed by atoms with Gasteiger partial charge in [-0.1, -0.05) is 12.2 Å². The van der Waals surface area contributed by atoms with Crippen molar-refractivity contribution in [2.75, 3.05) is 0 Å². The Morgan fingerprint density at radius 1 is 1.36 bits per heavy atom. The van der Waals surface area contributed by atoms with Crippen LogP contribution in [-0.4, -0.2) is 21.7 Å². The maximum absolute atomic E-state index is 12.2. The van der Waals surface area contributed by atoms with Crippen LogP contribution in [0.15, 0.2) is 41.2 Å². The molecule has 116 valence electrons. The number of carboxylic acids is 1. The van der Waals surface area contributed by atoms with Crippen molar-refractivity contribution in [2.24, 2.45) is 0 Å². The van der Waals surface area contributed by atoms with E-state index >= 15 is 0 Å². The lowest BCUT2D eigenvalue weighted by molar-refractivity contribution is 0.0696. The molecule has 0 unspecified atom stereocenters. The van der Waals surface area contributed by atoms with E-state index in [-0.39, 0.29) is 17.2 Å². The minimum absolute atomic E-state index is 0.128. The summed E-state index contributed by atoms with van der Waals surface area (Å²) in [7, 11) is 0. The van der Waals surface area contributed by atoms with Gasteiger partial charge in [0.15, 0.2) is 0 Å². The van der Waals surface area contributed by atoms with Gasteiger partial charge in [0.1, 0.15) is 5.75 Å². The summed E-state index contributed by atoms with van der Waals surface area (Å²) < 4.78 is 7.30. The largest absolute Gasteiger partial charge is 0.489 e. The molecule has 0 fully saturated rings. The van der Waals surface area contributed by atoms with Gasteiger partial charge in [0.25, 0.3) is 5.56 Å². The molecule has 0 amide bonds. The van der Waals surface area contributed by atoms with Crippen LogP contribution >= 0.6 is 0 Å². The Balaban J connectivity index is 2.83.